The molecule has 0 bridgehead atoms. The fourth-order valence-corrected chi connectivity index (χ4v) is 1.69. The summed E-state index contributed by atoms with van der Waals surface area (Å²) >= 11 is 0. The largest absolute Gasteiger partial charge is 0.396 e. The van der Waals surface area contributed by atoms with Crippen LogP contribution in [-0.2, 0) is 4.79 Å². The highest BCUT2D eigenvalue weighted by atomic mass is 16.3. The fourth-order valence-electron chi connectivity index (χ4n) is 1.69. The van der Waals surface area contributed by atoms with Gasteiger partial charge in [0.2, 0.25) is 0 Å². The maximum atomic E-state index is 10.9. The molecule has 1 N–H and O–H groups in total. The van der Waals surface area contributed by atoms with E-state index in [9.17, 15) is 4.79 Å². The van der Waals surface area contributed by atoms with Crippen LogP contribution in [0.4, 0.5) is 0 Å². The molecule has 1 fully saturated rings. The molecule has 0 amide bonds. The van der Waals surface area contributed by atoms with E-state index in [2.05, 4.69) is 6.92 Å². The Morgan fingerprint density at radius 2 is 2.10 bits per heavy atom. The molecule has 1 aliphatic rings. The highest BCUT2D eigenvalue weighted by Crippen LogP contribution is 2.30. The lowest BCUT2D eigenvalue weighted by Crippen LogP contribution is -2.10. The Bertz CT molecular complexity index is 117. The van der Waals surface area contributed by atoms with Gasteiger partial charge in [0.15, 0.2) is 0 Å². The van der Waals surface area contributed by atoms with Crippen LogP contribution < -0.4 is 0 Å². The van der Waals surface area contributed by atoms with Crippen molar-refractivity contribution in [3.8, 4) is 0 Å². The second-order valence-corrected chi connectivity index (χ2v) is 3.06. The zero-order chi connectivity index (χ0) is 7.56. The van der Waals surface area contributed by atoms with Crippen molar-refractivity contribution in [2.75, 3.05) is 6.61 Å². The van der Waals surface area contributed by atoms with E-state index >= 15 is 0 Å². The average Bonchev–Trinajstić information content (AvgIpc) is 2.30. The van der Waals surface area contributed by atoms with Crippen LogP contribution in [0.2, 0.25) is 0 Å². The van der Waals surface area contributed by atoms with Gasteiger partial charge < -0.3 is 5.11 Å². The highest BCUT2D eigenvalue weighted by Gasteiger charge is 2.30. The van der Waals surface area contributed by atoms with Gasteiger partial charge in [-0.15, -0.1) is 0 Å². The second-order valence-electron chi connectivity index (χ2n) is 3.06. The first-order chi connectivity index (χ1) is 4.77. The van der Waals surface area contributed by atoms with Crippen LogP contribution in [0.15, 0.2) is 0 Å². The van der Waals surface area contributed by atoms with Gasteiger partial charge in [-0.25, -0.2) is 0 Å². The van der Waals surface area contributed by atoms with Crippen molar-refractivity contribution in [2.45, 2.75) is 26.2 Å². The molecule has 1 saturated carbocycles. The summed E-state index contributed by atoms with van der Waals surface area (Å²) in [4.78, 5) is 10.9. The third-order valence-electron chi connectivity index (χ3n) is 2.41. The summed E-state index contributed by atoms with van der Waals surface area (Å²) in [6.45, 7) is 2.26. The van der Waals surface area contributed by atoms with Gasteiger partial charge in [0.05, 0.1) is 0 Å². The minimum atomic E-state index is 0.185. The normalized spacial score (nSPS) is 33.2. The molecule has 0 aromatic rings. The van der Waals surface area contributed by atoms with Crippen LogP contribution in [0.25, 0.3) is 0 Å². The van der Waals surface area contributed by atoms with E-state index in [-0.39, 0.29) is 12.5 Å². The molecule has 1 aliphatic carbocycles. The first-order valence-corrected chi connectivity index (χ1v) is 3.90. The summed E-state index contributed by atoms with van der Waals surface area (Å²) in [7, 11) is 0. The predicted octanol–water partition coefficient (Wildman–Crippen LogP) is 0.984. The third-order valence-corrected chi connectivity index (χ3v) is 2.41. The summed E-state index contributed by atoms with van der Waals surface area (Å²) < 4.78 is 0. The van der Waals surface area contributed by atoms with Crippen molar-refractivity contribution < 1.29 is 9.90 Å². The molecule has 1 rings (SSSR count). The number of ketones is 1. The van der Waals surface area contributed by atoms with E-state index in [0.29, 0.717) is 24.5 Å². The number of Topliss-reactive ketones (excluding diaryl/α,β-unsaturated/α-hetero) is 1. The molecule has 0 spiro atoms. The van der Waals surface area contributed by atoms with E-state index in [1.54, 1.807) is 0 Å². The summed E-state index contributed by atoms with van der Waals surface area (Å²) in [6.07, 6.45) is 2.33. The topological polar surface area (TPSA) is 37.3 Å². The maximum absolute atomic E-state index is 10.9. The van der Waals surface area contributed by atoms with E-state index < -0.39 is 0 Å². The molecule has 1 unspecified atom stereocenters. The Kier molecular flexibility index (Phi) is 2.44. The number of aliphatic hydroxyl groups is 1. The summed E-state index contributed by atoms with van der Waals surface area (Å²) in [5.74, 6) is 1.04. The minimum absolute atomic E-state index is 0.185. The zero-order valence-electron chi connectivity index (χ0n) is 6.34. The van der Waals surface area contributed by atoms with Crippen molar-refractivity contribution in [1.29, 1.82) is 0 Å². The molecule has 0 heterocycles. The number of hydrogen-bond donors (Lipinski definition) is 1. The molecule has 2 heteroatoms. The maximum Gasteiger partial charge on any atom is 0.133 e. The lowest BCUT2D eigenvalue weighted by atomic mass is 9.95. The Morgan fingerprint density at radius 1 is 1.50 bits per heavy atom. The lowest BCUT2D eigenvalue weighted by molar-refractivity contribution is -0.117. The lowest BCUT2D eigenvalue weighted by Gasteiger charge is -2.12. The van der Waals surface area contributed by atoms with Crippen LogP contribution >= 0.6 is 0 Å². The number of aliphatic hydroxyl groups excluding tert-OH is 1. The Morgan fingerprint density at radius 3 is 2.50 bits per heavy atom. The standard InChI is InChI=1S/C8H14O2/c1-2-6-3-8(10)4-7(6)5-9/h6-7,9H,2-5H2,1H3/t6?,7-/m1/s1. The van der Waals surface area contributed by atoms with Gasteiger partial charge in [0, 0.05) is 19.4 Å². The van der Waals surface area contributed by atoms with Crippen molar-refractivity contribution in [2.24, 2.45) is 11.8 Å². The van der Waals surface area contributed by atoms with Gasteiger partial charge in [-0.2, -0.15) is 0 Å². The van der Waals surface area contributed by atoms with Crippen LogP contribution in [-0.4, -0.2) is 17.5 Å². The molecule has 2 nitrogen and oxygen atoms in total. The van der Waals surface area contributed by atoms with E-state index in [0.717, 1.165) is 6.42 Å². The predicted molar refractivity (Wildman–Crippen MR) is 38.6 cm³/mol. The molecule has 0 aromatic heterocycles. The molecule has 0 radical (unpaired) electrons. The van der Waals surface area contributed by atoms with Crippen molar-refractivity contribution in [1.82, 2.24) is 0 Å². The van der Waals surface area contributed by atoms with Crippen molar-refractivity contribution in [3.05, 3.63) is 0 Å². The van der Waals surface area contributed by atoms with Gasteiger partial charge in [-0.05, 0) is 11.8 Å². The smallest absolute Gasteiger partial charge is 0.133 e. The van der Waals surface area contributed by atoms with Crippen LogP contribution in [0.1, 0.15) is 26.2 Å². The van der Waals surface area contributed by atoms with Gasteiger partial charge in [-0.3, -0.25) is 4.79 Å². The summed E-state index contributed by atoms with van der Waals surface area (Å²) in [5.41, 5.74) is 0. The van der Waals surface area contributed by atoms with Gasteiger partial charge in [-0.1, -0.05) is 13.3 Å². The van der Waals surface area contributed by atoms with Crippen molar-refractivity contribution >= 4 is 5.78 Å². The molecule has 0 saturated heterocycles. The Labute approximate surface area is 61.2 Å². The first-order valence-electron chi connectivity index (χ1n) is 3.90. The molecule has 2 atom stereocenters. The molecular formula is C8H14O2. The summed E-state index contributed by atoms with van der Waals surface area (Å²) in [5, 5.41) is 8.83. The van der Waals surface area contributed by atoms with Gasteiger partial charge in [0.1, 0.15) is 5.78 Å². The molecule has 10 heavy (non-hydrogen) atoms. The number of carbonyl (C=O) groups excluding carboxylic acids is 1. The monoisotopic (exact) mass is 142 g/mol. The molecular weight excluding hydrogens is 128 g/mol. The molecule has 58 valence electrons. The van der Waals surface area contributed by atoms with Crippen LogP contribution in [0, 0.1) is 11.8 Å². The van der Waals surface area contributed by atoms with Gasteiger partial charge in [0.25, 0.3) is 0 Å². The fraction of sp³-hybridized carbons (Fsp3) is 0.875. The summed E-state index contributed by atoms with van der Waals surface area (Å²) in [6, 6.07) is 0. The second kappa shape index (κ2) is 3.15. The van der Waals surface area contributed by atoms with E-state index in [1.807, 2.05) is 0 Å². The van der Waals surface area contributed by atoms with Crippen LogP contribution in [0.3, 0.4) is 0 Å². The van der Waals surface area contributed by atoms with Crippen molar-refractivity contribution in [3.63, 3.8) is 0 Å². The number of carbonyl (C=O) groups is 1. The van der Waals surface area contributed by atoms with Crippen LogP contribution in [0.5, 0.6) is 0 Å². The Balaban J connectivity index is 2.48. The van der Waals surface area contributed by atoms with Gasteiger partial charge >= 0.3 is 0 Å². The third kappa shape index (κ3) is 1.37. The average molecular weight is 142 g/mol. The van der Waals surface area contributed by atoms with E-state index in [1.165, 1.54) is 0 Å². The number of hydrogen-bond acceptors (Lipinski definition) is 2. The highest BCUT2D eigenvalue weighted by molar-refractivity contribution is 5.81. The minimum Gasteiger partial charge on any atom is -0.396 e. The molecule has 0 aromatic carbocycles. The van der Waals surface area contributed by atoms with E-state index in [4.69, 9.17) is 5.11 Å². The first kappa shape index (κ1) is 7.73. The zero-order valence-corrected chi connectivity index (χ0v) is 6.34. The Hall–Kier alpha value is -0.370. The molecule has 0 aliphatic heterocycles. The SMILES string of the molecule is CCC1CC(=O)C[C@@H]1CO. The number of rotatable bonds is 2. The quantitative estimate of drug-likeness (QED) is 0.624.